The van der Waals surface area contributed by atoms with E-state index in [1.165, 1.54) is 12.1 Å². The topological polar surface area (TPSA) is 66.7 Å². The largest absolute Gasteiger partial charge is 0.350 e. The molecule has 33 heavy (non-hydrogen) atoms. The van der Waals surface area contributed by atoms with E-state index in [9.17, 15) is 14.0 Å². The van der Waals surface area contributed by atoms with E-state index in [2.05, 4.69) is 5.16 Å². The molecular formula is C26H26FN3O3. The van der Waals surface area contributed by atoms with Gasteiger partial charge in [-0.05, 0) is 49.1 Å². The molecule has 0 aliphatic carbocycles. The lowest BCUT2D eigenvalue weighted by molar-refractivity contribution is -0.135. The molecule has 0 N–H and O–H groups in total. The number of rotatable bonds is 4. The highest BCUT2D eigenvalue weighted by Crippen LogP contribution is 2.33. The van der Waals surface area contributed by atoms with Crippen LogP contribution in [0.1, 0.15) is 48.2 Å². The molecule has 2 aliphatic heterocycles. The van der Waals surface area contributed by atoms with Gasteiger partial charge < -0.3 is 14.3 Å². The highest BCUT2D eigenvalue weighted by Gasteiger charge is 2.43. The van der Waals surface area contributed by atoms with Gasteiger partial charge in [0, 0.05) is 31.1 Å². The van der Waals surface area contributed by atoms with Crippen LogP contribution in [0.2, 0.25) is 0 Å². The van der Waals surface area contributed by atoms with Crippen molar-refractivity contribution in [2.75, 3.05) is 6.54 Å². The fourth-order valence-electron chi connectivity index (χ4n) is 5.02. The molecular weight excluding hydrogens is 421 g/mol. The summed E-state index contributed by atoms with van der Waals surface area (Å²) in [6.45, 7) is 1.12. The number of carbonyl (C=O) groups excluding carboxylic acids is 2. The van der Waals surface area contributed by atoms with Crippen LogP contribution < -0.4 is 0 Å². The highest BCUT2D eigenvalue weighted by molar-refractivity contribution is 5.93. The highest BCUT2D eigenvalue weighted by atomic mass is 19.1. The van der Waals surface area contributed by atoms with Gasteiger partial charge in [-0.2, -0.15) is 0 Å². The number of aromatic nitrogens is 1. The van der Waals surface area contributed by atoms with Crippen molar-refractivity contribution in [1.82, 2.24) is 15.0 Å². The second kappa shape index (κ2) is 9.17. The van der Waals surface area contributed by atoms with Crippen LogP contribution in [0.5, 0.6) is 0 Å². The maximum absolute atomic E-state index is 13.4. The second-order valence-electron chi connectivity index (χ2n) is 8.76. The van der Waals surface area contributed by atoms with Gasteiger partial charge in [-0.3, -0.25) is 9.59 Å². The number of nitrogens with zero attached hydrogens (tertiary/aromatic N) is 3. The molecule has 2 aliphatic rings. The molecule has 0 bridgehead atoms. The number of carbonyl (C=O) groups is 2. The number of hydrogen-bond donors (Lipinski definition) is 0. The zero-order chi connectivity index (χ0) is 22.8. The third-order valence-corrected chi connectivity index (χ3v) is 6.69. The summed E-state index contributed by atoms with van der Waals surface area (Å²) in [5.41, 5.74) is 2.27. The Balaban J connectivity index is 1.37. The third kappa shape index (κ3) is 4.40. The normalized spacial score (nSPS) is 20.9. The van der Waals surface area contributed by atoms with Crippen LogP contribution in [-0.2, 0) is 11.3 Å². The van der Waals surface area contributed by atoms with Crippen molar-refractivity contribution in [3.63, 3.8) is 0 Å². The number of amides is 2. The molecule has 0 saturated carbocycles. The molecule has 0 unspecified atom stereocenters. The maximum atomic E-state index is 13.4. The number of benzene rings is 2. The number of likely N-dealkylation sites (tertiary alicyclic amines) is 2. The molecule has 6 nitrogen and oxygen atoms in total. The molecule has 3 aromatic rings. The van der Waals surface area contributed by atoms with Crippen LogP contribution in [0.3, 0.4) is 0 Å². The van der Waals surface area contributed by atoms with Gasteiger partial charge in [0.2, 0.25) is 11.7 Å². The van der Waals surface area contributed by atoms with E-state index in [1.54, 1.807) is 18.2 Å². The van der Waals surface area contributed by atoms with Gasteiger partial charge in [-0.25, -0.2) is 4.39 Å². The fourth-order valence-corrected chi connectivity index (χ4v) is 5.02. The monoisotopic (exact) mass is 447 g/mol. The van der Waals surface area contributed by atoms with E-state index >= 15 is 0 Å². The van der Waals surface area contributed by atoms with Gasteiger partial charge in [0.15, 0.2) is 0 Å². The van der Waals surface area contributed by atoms with E-state index in [0.717, 1.165) is 31.2 Å². The van der Waals surface area contributed by atoms with Gasteiger partial charge in [0.1, 0.15) is 11.5 Å². The molecule has 2 aromatic carbocycles. The minimum Gasteiger partial charge on any atom is -0.350 e. The van der Waals surface area contributed by atoms with Crippen molar-refractivity contribution in [3.05, 3.63) is 77.8 Å². The summed E-state index contributed by atoms with van der Waals surface area (Å²) in [6, 6.07) is 17.5. The first-order valence-corrected chi connectivity index (χ1v) is 11.5. The van der Waals surface area contributed by atoms with E-state index in [-0.39, 0.29) is 35.5 Å². The molecule has 2 saturated heterocycles. The molecule has 170 valence electrons. The number of fused-ring (bicyclic) bond motifs is 1. The summed E-state index contributed by atoms with van der Waals surface area (Å²) < 4.78 is 18.6. The van der Waals surface area contributed by atoms with Crippen molar-refractivity contribution in [1.29, 1.82) is 0 Å². The van der Waals surface area contributed by atoms with Gasteiger partial charge in [0.25, 0.3) is 5.91 Å². The van der Waals surface area contributed by atoms with Crippen LogP contribution in [0.15, 0.2) is 65.2 Å². The molecule has 0 radical (unpaired) electrons. The van der Waals surface area contributed by atoms with E-state index in [0.29, 0.717) is 30.8 Å². The van der Waals surface area contributed by atoms with Gasteiger partial charge in [-0.1, -0.05) is 41.9 Å². The predicted molar refractivity (Wildman–Crippen MR) is 121 cm³/mol. The first-order valence-electron chi connectivity index (χ1n) is 11.5. The third-order valence-electron chi connectivity index (χ3n) is 6.69. The van der Waals surface area contributed by atoms with Crippen LogP contribution in [0.4, 0.5) is 4.39 Å². The first-order chi connectivity index (χ1) is 16.1. The van der Waals surface area contributed by atoms with Crippen molar-refractivity contribution in [2.24, 2.45) is 0 Å². The summed E-state index contributed by atoms with van der Waals surface area (Å²) in [4.78, 5) is 30.2. The standard InChI is InChI=1S/C26H26FN3O3/c27-20-12-10-19(11-13-20)21-16-24(33-28-21)26(32)29-15-14-23-22(29)8-4-5-9-25(31)30(23)17-18-6-2-1-3-7-18/h1-3,6-7,10-13,16,22-23H,4-5,8-9,14-15,17H2/t22-,23+/m1/s1. The zero-order valence-corrected chi connectivity index (χ0v) is 18.3. The Bertz CT molecular complexity index is 1130. The SMILES string of the molecule is O=C(c1cc(-c2ccc(F)cc2)no1)N1CC[C@H]2[C@H]1CCCCC(=O)N2Cc1ccccc1. The average Bonchev–Trinajstić information content (AvgIpc) is 3.48. The van der Waals surface area contributed by atoms with E-state index < -0.39 is 0 Å². The summed E-state index contributed by atoms with van der Waals surface area (Å²) in [6.07, 6.45) is 3.88. The Hall–Kier alpha value is -3.48. The van der Waals surface area contributed by atoms with Gasteiger partial charge in [0.05, 0.1) is 12.1 Å². The average molecular weight is 448 g/mol. The van der Waals surface area contributed by atoms with Gasteiger partial charge in [-0.15, -0.1) is 0 Å². The summed E-state index contributed by atoms with van der Waals surface area (Å²) in [5.74, 6) is -0.226. The molecule has 0 spiro atoms. The van der Waals surface area contributed by atoms with E-state index in [4.69, 9.17) is 4.52 Å². The Morgan fingerprint density at radius 1 is 1.03 bits per heavy atom. The van der Waals surface area contributed by atoms with Crippen molar-refractivity contribution < 1.29 is 18.5 Å². The second-order valence-corrected chi connectivity index (χ2v) is 8.76. The van der Waals surface area contributed by atoms with Crippen LogP contribution >= 0.6 is 0 Å². The number of hydrogen-bond acceptors (Lipinski definition) is 4. The molecule has 2 atom stereocenters. The van der Waals surface area contributed by atoms with Crippen LogP contribution in [0, 0.1) is 5.82 Å². The molecule has 3 heterocycles. The van der Waals surface area contributed by atoms with Crippen molar-refractivity contribution in [3.8, 4) is 11.3 Å². The number of halogens is 1. The minimum absolute atomic E-state index is 0.0125. The van der Waals surface area contributed by atoms with Crippen LogP contribution in [0.25, 0.3) is 11.3 Å². The molecule has 2 fully saturated rings. The lowest BCUT2D eigenvalue weighted by Crippen LogP contribution is -2.49. The zero-order valence-electron chi connectivity index (χ0n) is 18.3. The minimum atomic E-state index is -0.333. The van der Waals surface area contributed by atoms with Crippen molar-refractivity contribution in [2.45, 2.75) is 50.7 Å². The van der Waals surface area contributed by atoms with Crippen LogP contribution in [-0.4, -0.2) is 45.4 Å². The summed E-state index contributed by atoms with van der Waals surface area (Å²) in [7, 11) is 0. The molecule has 7 heteroatoms. The lowest BCUT2D eigenvalue weighted by atomic mass is 9.96. The Labute approximate surface area is 192 Å². The van der Waals surface area contributed by atoms with Crippen molar-refractivity contribution >= 4 is 11.8 Å². The smallest absolute Gasteiger partial charge is 0.292 e. The molecule has 2 amide bonds. The Kier molecular flexibility index (Phi) is 5.94. The fraction of sp³-hybridized carbons (Fsp3) is 0.346. The first kappa shape index (κ1) is 21.4. The Morgan fingerprint density at radius 2 is 1.82 bits per heavy atom. The van der Waals surface area contributed by atoms with E-state index in [1.807, 2.05) is 40.1 Å². The lowest BCUT2D eigenvalue weighted by Gasteiger charge is -2.37. The quantitative estimate of drug-likeness (QED) is 0.583. The Morgan fingerprint density at radius 3 is 2.61 bits per heavy atom. The van der Waals surface area contributed by atoms with Gasteiger partial charge >= 0.3 is 0 Å². The molecule has 1 aromatic heterocycles. The predicted octanol–water partition coefficient (Wildman–Crippen LogP) is 4.67. The summed E-state index contributed by atoms with van der Waals surface area (Å²) >= 11 is 0. The summed E-state index contributed by atoms with van der Waals surface area (Å²) in [5, 5.41) is 4.02. The maximum Gasteiger partial charge on any atom is 0.292 e. The molecule has 5 rings (SSSR count).